The van der Waals surface area contributed by atoms with Crippen LogP contribution in [-0.4, -0.2) is 5.33 Å². The minimum absolute atomic E-state index is 0.0578. The van der Waals surface area contributed by atoms with E-state index >= 15 is 0 Å². The highest BCUT2D eigenvalue weighted by Gasteiger charge is 2.42. The first-order valence-corrected chi connectivity index (χ1v) is 22.1. The Bertz CT molecular complexity index is 1780. The van der Waals surface area contributed by atoms with Gasteiger partial charge in [0.05, 0.1) is 0 Å². The third kappa shape index (κ3) is 11.6. The van der Waals surface area contributed by atoms with Crippen LogP contribution in [0.2, 0.25) is 0 Å². The van der Waals surface area contributed by atoms with Crippen LogP contribution in [0.15, 0.2) is 165 Å². The average molecular weight is 1010 g/mol. The molecule has 0 heterocycles. The number of fused-ring (bicyclic) bond motifs is 6. The van der Waals surface area contributed by atoms with E-state index in [0.29, 0.717) is 0 Å². The van der Waals surface area contributed by atoms with E-state index in [1.54, 1.807) is 6.08 Å². The zero-order valence-electron chi connectivity index (χ0n) is 29.7. The molecule has 0 amide bonds. The zero-order chi connectivity index (χ0) is 37.3. The summed E-state index contributed by atoms with van der Waals surface area (Å²) in [4.78, 5) is 0. The normalized spacial score (nSPS) is 13.1. The van der Waals surface area contributed by atoms with Crippen molar-refractivity contribution < 1.29 is 0 Å². The number of alkyl halides is 1. The van der Waals surface area contributed by atoms with E-state index in [-0.39, 0.29) is 5.41 Å². The summed E-state index contributed by atoms with van der Waals surface area (Å²) in [5, 5.41) is 1.09. The van der Waals surface area contributed by atoms with Gasteiger partial charge in [0.15, 0.2) is 0 Å². The number of hydrogen-bond donors (Lipinski definition) is 0. The number of hydrogen-bond acceptors (Lipinski definition) is 0. The third-order valence-electron chi connectivity index (χ3n) is 9.36. The first-order valence-electron chi connectivity index (χ1n) is 17.8. The van der Waals surface area contributed by atoms with Gasteiger partial charge in [-0.05, 0) is 151 Å². The van der Waals surface area contributed by atoms with Gasteiger partial charge in [-0.2, -0.15) is 0 Å². The van der Waals surface area contributed by atoms with Crippen LogP contribution in [0.1, 0.15) is 73.6 Å². The van der Waals surface area contributed by atoms with E-state index in [4.69, 9.17) is 0 Å². The Hall–Kier alpha value is -2.28. The van der Waals surface area contributed by atoms with Crippen LogP contribution < -0.4 is 0 Å². The topological polar surface area (TPSA) is 0 Å². The second kappa shape index (κ2) is 22.2. The van der Waals surface area contributed by atoms with Crippen molar-refractivity contribution >= 4 is 79.6 Å². The Morgan fingerprint density at radius 2 is 0.865 bits per heavy atom. The molecule has 0 fully saturated rings. The summed E-state index contributed by atoms with van der Waals surface area (Å²) in [5.41, 5.74) is 11.4. The van der Waals surface area contributed by atoms with Crippen LogP contribution in [-0.2, 0) is 11.8 Å². The molecule has 4 aromatic carbocycles. The first kappa shape index (κ1) is 42.5. The van der Waals surface area contributed by atoms with Crippen LogP contribution >= 0.6 is 79.6 Å². The molecule has 2 aliphatic carbocycles. The quantitative estimate of drug-likeness (QED) is 0.0591. The van der Waals surface area contributed by atoms with Crippen molar-refractivity contribution in [3.05, 3.63) is 187 Å². The predicted molar refractivity (Wildman–Crippen MR) is 247 cm³/mol. The lowest BCUT2D eigenvalue weighted by Crippen LogP contribution is -2.25. The molecule has 52 heavy (non-hydrogen) atoms. The van der Waals surface area contributed by atoms with Crippen LogP contribution in [0, 0.1) is 0 Å². The van der Waals surface area contributed by atoms with Crippen LogP contribution in [0.3, 0.4) is 0 Å². The van der Waals surface area contributed by atoms with Gasteiger partial charge in [-0.25, -0.2) is 0 Å². The number of unbranched alkanes of at least 4 members (excludes halogenated alkanes) is 3. The number of allylic oxidation sites excluding steroid dienone is 9. The summed E-state index contributed by atoms with van der Waals surface area (Å²) in [6.07, 6.45) is 28.3. The second-order valence-electron chi connectivity index (χ2n) is 12.8. The van der Waals surface area contributed by atoms with Crippen molar-refractivity contribution in [1.29, 1.82) is 0 Å². The van der Waals surface area contributed by atoms with Crippen molar-refractivity contribution in [2.24, 2.45) is 0 Å². The SMILES string of the molecule is Brc1ccc2c(c1)Cc1cc(Br)ccc1-2.C=C/C=C/CCCBr.C=C/C=C/CCCC1(CCC/C=C/C=C)c2cc(Br)ccc2-c2ccc(Br)cc21. The van der Waals surface area contributed by atoms with Gasteiger partial charge in [0.2, 0.25) is 0 Å². The van der Waals surface area contributed by atoms with E-state index in [1.807, 2.05) is 18.2 Å². The van der Waals surface area contributed by atoms with E-state index in [1.165, 1.54) is 50.9 Å². The van der Waals surface area contributed by atoms with Gasteiger partial charge in [-0.1, -0.05) is 178 Å². The minimum atomic E-state index is 0.0578. The average Bonchev–Trinajstić information content (AvgIpc) is 3.61. The molecule has 0 spiro atoms. The molecule has 0 nitrogen and oxygen atoms in total. The van der Waals surface area contributed by atoms with Gasteiger partial charge < -0.3 is 0 Å². The fourth-order valence-corrected chi connectivity index (χ4v) is 8.93. The lowest BCUT2D eigenvalue weighted by atomic mass is 9.71. The molecule has 5 heteroatoms. The number of benzene rings is 4. The van der Waals surface area contributed by atoms with E-state index < -0.39 is 0 Å². The largest absolute Gasteiger partial charge is 0.0991 e. The second-order valence-corrected chi connectivity index (χ2v) is 17.3. The van der Waals surface area contributed by atoms with Crippen molar-refractivity contribution in [3.63, 3.8) is 0 Å². The molecule has 0 saturated heterocycles. The maximum atomic E-state index is 3.78. The Kier molecular flexibility index (Phi) is 18.1. The Balaban J connectivity index is 0.000000216. The maximum absolute atomic E-state index is 3.78. The zero-order valence-corrected chi connectivity index (χ0v) is 37.6. The summed E-state index contributed by atoms with van der Waals surface area (Å²) >= 11 is 17.8. The Morgan fingerprint density at radius 3 is 1.25 bits per heavy atom. The highest BCUT2D eigenvalue weighted by Crippen LogP contribution is 2.55. The summed E-state index contributed by atoms with van der Waals surface area (Å²) in [5.74, 6) is 0. The lowest BCUT2D eigenvalue weighted by molar-refractivity contribution is 0.421. The van der Waals surface area contributed by atoms with Gasteiger partial charge in [0.1, 0.15) is 0 Å². The van der Waals surface area contributed by atoms with Crippen LogP contribution in [0.25, 0.3) is 22.3 Å². The molecular formula is C47H47Br5. The molecule has 6 rings (SSSR count). The van der Waals surface area contributed by atoms with E-state index in [9.17, 15) is 0 Å². The molecule has 0 bridgehead atoms. The summed E-state index contributed by atoms with van der Waals surface area (Å²) in [6.45, 7) is 11.1. The van der Waals surface area contributed by atoms with Crippen LogP contribution in [0.4, 0.5) is 0 Å². The maximum Gasteiger partial charge on any atom is 0.0216 e. The Morgan fingerprint density at radius 1 is 0.500 bits per heavy atom. The number of rotatable bonds is 14. The summed E-state index contributed by atoms with van der Waals surface area (Å²) < 4.78 is 4.64. The molecule has 0 radical (unpaired) electrons. The highest BCUT2D eigenvalue weighted by molar-refractivity contribution is 9.11. The van der Waals surface area contributed by atoms with Crippen molar-refractivity contribution in [1.82, 2.24) is 0 Å². The van der Waals surface area contributed by atoms with Gasteiger partial charge in [0.25, 0.3) is 0 Å². The fraction of sp³-hybridized carbons (Fsp3) is 0.234. The van der Waals surface area contributed by atoms with E-state index in [0.717, 1.165) is 74.6 Å². The molecular weight excluding hydrogens is 964 g/mol. The van der Waals surface area contributed by atoms with Crippen molar-refractivity contribution in [2.45, 2.75) is 63.2 Å². The fourth-order valence-electron chi connectivity index (χ4n) is 7.07. The molecule has 0 aromatic heterocycles. The molecule has 2 aliphatic rings. The molecule has 0 N–H and O–H groups in total. The number of halogens is 5. The van der Waals surface area contributed by atoms with E-state index in [2.05, 4.69) is 203 Å². The molecule has 0 aliphatic heterocycles. The van der Waals surface area contributed by atoms with Crippen molar-refractivity contribution in [2.75, 3.05) is 5.33 Å². The minimum Gasteiger partial charge on any atom is -0.0991 e. The van der Waals surface area contributed by atoms with Crippen molar-refractivity contribution in [3.8, 4) is 22.3 Å². The molecule has 270 valence electrons. The van der Waals surface area contributed by atoms with Gasteiger partial charge in [-0.15, -0.1) is 0 Å². The first-order chi connectivity index (χ1) is 25.3. The Labute approximate surface area is 354 Å². The standard InChI is InChI=1S/C27H28Br2.C13H8Br2.C7H11Br/c1-3-5-7-9-11-17-27(18-12-10-8-6-4-2)25-19-21(28)13-15-23(25)24-16-14-22(29)20-26(24)27;14-10-1-3-12-8(6-10)5-9-7-11(15)2-4-13(9)12;1-2-3-4-5-6-7-8/h3-8,13-16,19-20H,1-2,9-12,17-18H2;1-4,6-7H,5H2;2-4H,1,5-7H2/b7-5+,8-6+;;4-3+. The lowest BCUT2D eigenvalue weighted by Gasteiger charge is -2.33. The molecule has 0 atom stereocenters. The molecule has 4 aromatic rings. The predicted octanol–water partition coefficient (Wildman–Crippen LogP) is 17.0. The van der Waals surface area contributed by atoms with Gasteiger partial charge in [0, 0.05) is 28.6 Å². The molecule has 0 unspecified atom stereocenters. The summed E-state index contributed by atoms with van der Waals surface area (Å²) in [7, 11) is 0. The summed E-state index contributed by atoms with van der Waals surface area (Å²) in [6, 6.07) is 26.6. The van der Waals surface area contributed by atoms with Gasteiger partial charge in [-0.3, -0.25) is 0 Å². The van der Waals surface area contributed by atoms with Crippen LogP contribution in [0.5, 0.6) is 0 Å². The van der Waals surface area contributed by atoms with Gasteiger partial charge >= 0.3 is 0 Å². The monoisotopic (exact) mass is 1010 g/mol. The third-order valence-corrected chi connectivity index (χ3v) is 11.9. The molecule has 0 saturated carbocycles. The highest BCUT2D eigenvalue weighted by atomic mass is 79.9. The smallest absolute Gasteiger partial charge is 0.0216 e.